The van der Waals surface area contributed by atoms with Crippen molar-refractivity contribution in [3.63, 3.8) is 0 Å². The number of carbonyl (C=O) groups is 2. The number of esters is 2. The van der Waals surface area contributed by atoms with Crippen molar-refractivity contribution in [2.45, 2.75) is 93.5 Å². The second kappa shape index (κ2) is 8.52. The summed E-state index contributed by atoms with van der Waals surface area (Å²) in [5, 5.41) is 0. The molecule has 0 fully saturated rings. The highest BCUT2D eigenvalue weighted by atomic mass is 16.6. The van der Waals surface area contributed by atoms with E-state index in [2.05, 4.69) is 0 Å². The van der Waals surface area contributed by atoms with E-state index < -0.39 is 23.1 Å². The summed E-state index contributed by atoms with van der Waals surface area (Å²) in [7, 11) is 0. The molecule has 0 aromatic carbocycles. The van der Waals surface area contributed by atoms with Crippen LogP contribution in [-0.2, 0) is 23.8 Å². The first-order valence-corrected chi connectivity index (χ1v) is 9.07. The Labute approximate surface area is 153 Å². The third-order valence-corrected chi connectivity index (χ3v) is 4.85. The summed E-state index contributed by atoms with van der Waals surface area (Å²) >= 11 is 0. The van der Waals surface area contributed by atoms with Gasteiger partial charge in [-0.1, -0.05) is 34.6 Å². The van der Waals surface area contributed by atoms with Crippen LogP contribution in [0.2, 0.25) is 0 Å². The van der Waals surface area contributed by atoms with E-state index in [0.717, 1.165) is 0 Å². The van der Waals surface area contributed by atoms with Gasteiger partial charge in [-0.2, -0.15) is 0 Å². The maximum Gasteiger partial charge on any atom is 0.347 e. The van der Waals surface area contributed by atoms with Gasteiger partial charge in [-0.25, -0.2) is 4.79 Å². The Kier molecular flexibility index (Phi) is 8.15. The maximum absolute atomic E-state index is 12.4. The molecule has 25 heavy (non-hydrogen) atoms. The Morgan fingerprint density at radius 2 is 1.32 bits per heavy atom. The number of hydrogen-bond donors (Lipinski definition) is 0. The molecule has 0 bridgehead atoms. The van der Waals surface area contributed by atoms with Crippen molar-refractivity contribution in [2.75, 3.05) is 6.61 Å². The zero-order chi connectivity index (χ0) is 20.2. The molecule has 0 aliphatic carbocycles. The lowest BCUT2D eigenvalue weighted by atomic mass is 9.77. The third kappa shape index (κ3) is 7.76. The molecule has 2 atom stereocenters. The van der Waals surface area contributed by atoms with Crippen molar-refractivity contribution in [1.82, 2.24) is 0 Å². The normalized spacial score (nSPS) is 15.7. The van der Waals surface area contributed by atoms with E-state index in [1.807, 2.05) is 62.3 Å². The van der Waals surface area contributed by atoms with Crippen molar-refractivity contribution in [2.24, 2.45) is 17.3 Å². The van der Waals surface area contributed by atoms with Crippen molar-refractivity contribution >= 4 is 11.9 Å². The van der Waals surface area contributed by atoms with Crippen LogP contribution in [0.5, 0.6) is 0 Å². The van der Waals surface area contributed by atoms with Gasteiger partial charge in [-0.15, -0.1) is 0 Å². The molecule has 0 spiro atoms. The SMILES string of the molecule is CC(OC(=O)C(C)C(C)C)C(=O)OC(C)(C)C(C)(C)COC(C)(C)C. The highest BCUT2D eigenvalue weighted by Crippen LogP contribution is 2.35. The highest BCUT2D eigenvalue weighted by Gasteiger charge is 2.42. The minimum atomic E-state index is -0.938. The van der Waals surface area contributed by atoms with Crippen LogP contribution in [0.25, 0.3) is 0 Å². The first kappa shape index (κ1) is 23.9. The zero-order valence-corrected chi connectivity index (χ0v) is 18.0. The molecule has 0 saturated heterocycles. The van der Waals surface area contributed by atoms with Crippen LogP contribution in [0, 0.1) is 17.3 Å². The minimum absolute atomic E-state index is 0.153. The standard InChI is InChI=1S/C20H38O5/c1-13(2)14(3)16(21)24-15(4)17(22)25-20(10,11)19(8,9)12-23-18(5,6)7/h13-15H,12H2,1-11H3. The molecule has 5 heteroatoms. The molecule has 0 N–H and O–H groups in total. The maximum atomic E-state index is 12.4. The van der Waals surface area contributed by atoms with E-state index in [1.54, 1.807) is 13.8 Å². The number of carbonyl (C=O) groups excluding carboxylic acids is 2. The lowest BCUT2D eigenvalue weighted by Crippen LogP contribution is -2.49. The van der Waals surface area contributed by atoms with Crippen LogP contribution in [0.3, 0.4) is 0 Å². The number of rotatable bonds is 8. The predicted octanol–water partition coefficient (Wildman–Crippen LogP) is 4.37. The minimum Gasteiger partial charge on any atom is -0.456 e. The molecule has 2 unspecified atom stereocenters. The van der Waals surface area contributed by atoms with E-state index in [4.69, 9.17) is 14.2 Å². The van der Waals surface area contributed by atoms with Gasteiger partial charge in [0.05, 0.1) is 18.1 Å². The first-order chi connectivity index (χ1) is 11.0. The van der Waals surface area contributed by atoms with Crippen LogP contribution in [0.1, 0.15) is 76.2 Å². The Balaban J connectivity index is 4.86. The van der Waals surface area contributed by atoms with Crippen LogP contribution >= 0.6 is 0 Å². The fourth-order valence-corrected chi connectivity index (χ4v) is 1.65. The van der Waals surface area contributed by atoms with Gasteiger partial charge in [-0.3, -0.25) is 4.79 Å². The Morgan fingerprint density at radius 3 is 1.72 bits per heavy atom. The third-order valence-electron chi connectivity index (χ3n) is 4.85. The van der Waals surface area contributed by atoms with Gasteiger partial charge in [0.1, 0.15) is 5.60 Å². The van der Waals surface area contributed by atoms with Gasteiger partial charge in [0, 0.05) is 5.41 Å². The first-order valence-electron chi connectivity index (χ1n) is 9.07. The van der Waals surface area contributed by atoms with E-state index in [1.165, 1.54) is 0 Å². The lowest BCUT2D eigenvalue weighted by Gasteiger charge is -2.42. The zero-order valence-electron chi connectivity index (χ0n) is 18.0. The van der Waals surface area contributed by atoms with Crippen molar-refractivity contribution < 1.29 is 23.8 Å². The topological polar surface area (TPSA) is 61.8 Å². The molecule has 0 aliphatic rings. The van der Waals surface area contributed by atoms with E-state index in [9.17, 15) is 9.59 Å². The highest BCUT2D eigenvalue weighted by molar-refractivity contribution is 5.80. The second-order valence-electron chi connectivity index (χ2n) is 9.33. The molecule has 0 aromatic rings. The van der Waals surface area contributed by atoms with Gasteiger partial charge in [0.15, 0.2) is 6.10 Å². The van der Waals surface area contributed by atoms with Crippen molar-refractivity contribution in [3.05, 3.63) is 0 Å². The molecule has 0 radical (unpaired) electrons. The molecule has 148 valence electrons. The van der Waals surface area contributed by atoms with Crippen LogP contribution in [-0.4, -0.2) is 35.9 Å². The van der Waals surface area contributed by atoms with Crippen molar-refractivity contribution in [1.29, 1.82) is 0 Å². The summed E-state index contributed by atoms with van der Waals surface area (Å²) < 4.78 is 16.8. The lowest BCUT2D eigenvalue weighted by molar-refractivity contribution is -0.192. The molecule has 0 rings (SSSR count). The molecule has 0 amide bonds. The summed E-state index contributed by atoms with van der Waals surface area (Å²) in [5.41, 5.74) is -1.46. The molecule has 5 nitrogen and oxygen atoms in total. The van der Waals surface area contributed by atoms with Crippen LogP contribution in [0.4, 0.5) is 0 Å². The molecular weight excluding hydrogens is 320 g/mol. The van der Waals surface area contributed by atoms with Crippen molar-refractivity contribution in [3.8, 4) is 0 Å². The van der Waals surface area contributed by atoms with Crippen LogP contribution < -0.4 is 0 Å². The summed E-state index contributed by atoms with van der Waals surface area (Å²) in [5.74, 6) is -1.04. The van der Waals surface area contributed by atoms with E-state index in [0.29, 0.717) is 6.61 Å². The largest absolute Gasteiger partial charge is 0.456 e. The average Bonchev–Trinajstić information content (AvgIpc) is 2.42. The van der Waals surface area contributed by atoms with Crippen LogP contribution in [0.15, 0.2) is 0 Å². The number of ether oxygens (including phenoxy) is 3. The van der Waals surface area contributed by atoms with E-state index >= 15 is 0 Å². The number of hydrogen-bond acceptors (Lipinski definition) is 5. The van der Waals surface area contributed by atoms with Gasteiger partial charge in [0.25, 0.3) is 0 Å². The van der Waals surface area contributed by atoms with Gasteiger partial charge < -0.3 is 14.2 Å². The van der Waals surface area contributed by atoms with Gasteiger partial charge in [0.2, 0.25) is 0 Å². The smallest absolute Gasteiger partial charge is 0.347 e. The quantitative estimate of drug-likeness (QED) is 0.603. The molecule has 0 heterocycles. The van der Waals surface area contributed by atoms with E-state index in [-0.39, 0.29) is 23.4 Å². The molecule has 0 aromatic heterocycles. The summed E-state index contributed by atoms with van der Waals surface area (Å²) in [6, 6.07) is 0. The fourth-order valence-electron chi connectivity index (χ4n) is 1.65. The second-order valence-corrected chi connectivity index (χ2v) is 9.33. The summed E-state index contributed by atoms with van der Waals surface area (Å²) in [6.45, 7) is 21.3. The molecule has 0 aliphatic heterocycles. The summed E-state index contributed by atoms with van der Waals surface area (Å²) in [4.78, 5) is 24.4. The Bertz CT molecular complexity index is 457. The molecule has 0 saturated carbocycles. The predicted molar refractivity (Wildman–Crippen MR) is 99.2 cm³/mol. The fraction of sp³-hybridized carbons (Fsp3) is 0.900. The Morgan fingerprint density at radius 1 is 0.840 bits per heavy atom. The molecular formula is C20H38O5. The van der Waals surface area contributed by atoms with Gasteiger partial charge >= 0.3 is 11.9 Å². The summed E-state index contributed by atoms with van der Waals surface area (Å²) in [6.07, 6.45) is -0.938. The van der Waals surface area contributed by atoms with Gasteiger partial charge in [-0.05, 0) is 47.5 Å². The Hall–Kier alpha value is -1.10. The monoisotopic (exact) mass is 358 g/mol. The average molecular weight is 359 g/mol.